The molecule has 3 aromatic rings. The maximum Gasteiger partial charge on any atom is 0.248 e. The summed E-state index contributed by atoms with van der Waals surface area (Å²) in [7, 11) is 0. The Bertz CT molecular complexity index is 915. The molecule has 3 rings (SSSR count). The molecule has 0 aliphatic carbocycles. The lowest BCUT2D eigenvalue weighted by Crippen LogP contribution is -2.43. The average molecular weight is 402 g/mol. The molecule has 2 amide bonds. The Morgan fingerprint density at radius 3 is 2.44 bits per heavy atom. The van der Waals surface area contributed by atoms with E-state index in [9.17, 15) is 9.59 Å². The third-order valence-electron chi connectivity index (χ3n) is 3.46. The first kappa shape index (κ1) is 18.9. The lowest BCUT2D eigenvalue weighted by atomic mass is 10.1. The number of hydrogen-bond acceptors (Lipinski definition) is 5. The van der Waals surface area contributed by atoms with Gasteiger partial charge in [-0.05, 0) is 29.8 Å². The number of nitrogens with one attached hydrogen (secondary N) is 3. The molecular formula is C18H16ClN5O2S. The number of hydrazine groups is 1. The molecule has 0 aliphatic rings. The normalized spacial score (nSPS) is 10.4. The van der Waals surface area contributed by atoms with E-state index >= 15 is 0 Å². The molecule has 27 heavy (non-hydrogen) atoms. The van der Waals surface area contributed by atoms with Crippen molar-refractivity contribution >= 4 is 35.2 Å². The molecular weight excluding hydrogens is 386 g/mol. The summed E-state index contributed by atoms with van der Waals surface area (Å²) in [6.07, 6.45) is 0.194. The van der Waals surface area contributed by atoms with Crippen LogP contribution in [0.5, 0.6) is 0 Å². The molecule has 0 bridgehead atoms. The SMILES string of the molecule is O=C(CSc1n[nH]c(-c2ccc(Cl)cc2)n1)NNC(=O)Cc1ccccc1. The number of benzene rings is 2. The van der Waals surface area contributed by atoms with Crippen molar-refractivity contribution < 1.29 is 9.59 Å². The minimum absolute atomic E-state index is 0.0729. The molecule has 0 aliphatic heterocycles. The van der Waals surface area contributed by atoms with Crippen LogP contribution in [-0.4, -0.2) is 32.7 Å². The molecule has 0 saturated heterocycles. The summed E-state index contributed by atoms with van der Waals surface area (Å²) in [4.78, 5) is 28.0. The van der Waals surface area contributed by atoms with E-state index in [2.05, 4.69) is 26.0 Å². The van der Waals surface area contributed by atoms with Gasteiger partial charge in [0.2, 0.25) is 17.0 Å². The maximum absolute atomic E-state index is 11.9. The number of H-pyrrole nitrogens is 1. The van der Waals surface area contributed by atoms with Gasteiger partial charge < -0.3 is 0 Å². The van der Waals surface area contributed by atoms with Crippen LogP contribution in [0.3, 0.4) is 0 Å². The van der Waals surface area contributed by atoms with Gasteiger partial charge in [-0.15, -0.1) is 5.10 Å². The number of aromatic amines is 1. The quantitative estimate of drug-likeness (QED) is 0.435. The number of rotatable bonds is 6. The Morgan fingerprint density at radius 1 is 1.00 bits per heavy atom. The first-order valence-corrected chi connectivity index (χ1v) is 9.39. The van der Waals surface area contributed by atoms with Gasteiger partial charge in [0.15, 0.2) is 5.82 Å². The second-order valence-corrected chi connectivity index (χ2v) is 6.90. The molecule has 1 heterocycles. The number of nitrogens with zero attached hydrogens (tertiary/aromatic N) is 2. The predicted octanol–water partition coefficient (Wildman–Crippen LogP) is 2.61. The molecule has 1 aromatic heterocycles. The summed E-state index contributed by atoms with van der Waals surface area (Å²) in [5.74, 6) is 0.0243. The molecule has 0 radical (unpaired) electrons. The Balaban J connectivity index is 1.43. The molecule has 3 N–H and O–H groups in total. The Morgan fingerprint density at radius 2 is 1.70 bits per heavy atom. The van der Waals surface area contributed by atoms with Gasteiger partial charge in [-0.3, -0.25) is 25.5 Å². The first-order chi connectivity index (χ1) is 13.1. The van der Waals surface area contributed by atoms with Crippen LogP contribution in [0.2, 0.25) is 5.02 Å². The molecule has 7 nitrogen and oxygen atoms in total. The summed E-state index contributed by atoms with van der Waals surface area (Å²) in [6.45, 7) is 0. The number of carbonyl (C=O) groups is 2. The minimum Gasteiger partial charge on any atom is -0.273 e. The van der Waals surface area contributed by atoms with Gasteiger partial charge in [-0.1, -0.05) is 53.7 Å². The third-order valence-corrected chi connectivity index (χ3v) is 4.56. The zero-order valence-corrected chi connectivity index (χ0v) is 15.7. The van der Waals surface area contributed by atoms with Crippen LogP contribution >= 0.6 is 23.4 Å². The molecule has 0 atom stereocenters. The Labute approximate surface area is 164 Å². The fourth-order valence-corrected chi connectivity index (χ4v) is 2.90. The molecule has 2 aromatic carbocycles. The van der Waals surface area contributed by atoms with Crippen LogP contribution in [0.4, 0.5) is 0 Å². The molecule has 0 saturated carbocycles. The van der Waals surface area contributed by atoms with E-state index in [0.29, 0.717) is 16.0 Å². The fourth-order valence-electron chi connectivity index (χ4n) is 2.18. The van der Waals surface area contributed by atoms with Crippen molar-refractivity contribution in [3.05, 3.63) is 65.2 Å². The van der Waals surface area contributed by atoms with Crippen molar-refractivity contribution in [3.63, 3.8) is 0 Å². The molecule has 0 fully saturated rings. The van der Waals surface area contributed by atoms with Gasteiger partial charge in [0.05, 0.1) is 12.2 Å². The molecule has 138 valence electrons. The Hall–Kier alpha value is -2.84. The van der Waals surface area contributed by atoms with Crippen molar-refractivity contribution in [2.45, 2.75) is 11.6 Å². The number of aromatic nitrogens is 3. The Kier molecular flexibility index (Phi) is 6.45. The molecule has 0 spiro atoms. The number of carbonyl (C=O) groups excluding carboxylic acids is 2. The largest absolute Gasteiger partial charge is 0.273 e. The van der Waals surface area contributed by atoms with Crippen molar-refractivity contribution in [3.8, 4) is 11.4 Å². The van der Waals surface area contributed by atoms with Gasteiger partial charge in [-0.2, -0.15) is 0 Å². The maximum atomic E-state index is 11.9. The van der Waals surface area contributed by atoms with Crippen molar-refractivity contribution in [2.75, 3.05) is 5.75 Å². The van der Waals surface area contributed by atoms with E-state index in [4.69, 9.17) is 11.6 Å². The lowest BCUT2D eigenvalue weighted by Gasteiger charge is -2.06. The average Bonchev–Trinajstić information content (AvgIpc) is 3.15. The van der Waals surface area contributed by atoms with Gasteiger partial charge in [0.25, 0.3) is 0 Å². The highest BCUT2D eigenvalue weighted by Gasteiger charge is 2.10. The smallest absolute Gasteiger partial charge is 0.248 e. The van der Waals surface area contributed by atoms with Crippen LogP contribution < -0.4 is 10.9 Å². The van der Waals surface area contributed by atoms with Gasteiger partial charge >= 0.3 is 0 Å². The highest BCUT2D eigenvalue weighted by Crippen LogP contribution is 2.20. The van der Waals surface area contributed by atoms with Gasteiger partial charge in [-0.25, -0.2) is 4.98 Å². The van der Waals surface area contributed by atoms with Crippen LogP contribution in [0.25, 0.3) is 11.4 Å². The van der Waals surface area contributed by atoms with Crippen LogP contribution in [0, 0.1) is 0 Å². The van der Waals surface area contributed by atoms with E-state index in [-0.39, 0.29) is 24.0 Å². The highest BCUT2D eigenvalue weighted by atomic mass is 35.5. The monoisotopic (exact) mass is 401 g/mol. The molecule has 9 heteroatoms. The second-order valence-electron chi connectivity index (χ2n) is 5.52. The van der Waals surface area contributed by atoms with Gasteiger partial charge in [0.1, 0.15) is 0 Å². The zero-order valence-electron chi connectivity index (χ0n) is 14.1. The topological polar surface area (TPSA) is 99.8 Å². The predicted molar refractivity (Wildman–Crippen MR) is 104 cm³/mol. The van der Waals surface area contributed by atoms with Crippen LogP contribution in [0.1, 0.15) is 5.56 Å². The number of amides is 2. The third kappa shape index (κ3) is 5.83. The second kappa shape index (κ2) is 9.20. The summed E-state index contributed by atoms with van der Waals surface area (Å²) >= 11 is 7.02. The zero-order chi connectivity index (χ0) is 19.1. The highest BCUT2D eigenvalue weighted by molar-refractivity contribution is 7.99. The van der Waals surface area contributed by atoms with Crippen molar-refractivity contribution in [1.82, 2.24) is 26.0 Å². The number of thioether (sulfide) groups is 1. The fraction of sp³-hybridized carbons (Fsp3) is 0.111. The van der Waals surface area contributed by atoms with Gasteiger partial charge in [0, 0.05) is 10.6 Å². The van der Waals surface area contributed by atoms with E-state index in [1.54, 1.807) is 12.1 Å². The standard InChI is InChI=1S/C18H16ClN5O2S/c19-14-8-6-13(7-9-14)17-20-18(24-23-17)27-11-16(26)22-21-15(25)10-12-4-2-1-3-5-12/h1-9H,10-11H2,(H,21,25)(H,22,26)(H,20,23,24). The lowest BCUT2D eigenvalue weighted by molar-refractivity contribution is -0.127. The van der Waals surface area contributed by atoms with E-state index < -0.39 is 0 Å². The summed E-state index contributed by atoms with van der Waals surface area (Å²) in [5, 5.41) is 7.95. The van der Waals surface area contributed by atoms with E-state index in [0.717, 1.165) is 22.9 Å². The van der Waals surface area contributed by atoms with Crippen molar-refractivity contribution in [2.24, 2.45) is 0 Å². The van der Waals surface area contributed by atoms with Crippen LogP contribution in [0.15, 0.2) is 59.8 Å². The van der Waals surface area contributed by atoms with Crippen molar-refractivity contribution in [1.29, 1.82) is 0 Å². The summed E-state index contributed by atoms with van der Waals surface area (Å²) in [6, 6.07) is 16.5. The van der Waals surface area contributed by atoms with Crippen LogP contribution in [-0.2, 0) is 16.0 Å². The van der Waals surface area contributed by atoms with E-state index in [1.807, 2.05) is 42.5 Å². The first-order valence-electron chi connectivity index (χ1n) is 8.03. The number of hydrogen-bond donors (Lipinski definition) is 3. The summed E-state index contributed by atoms with van der Waals surface area (Å²) in [5.41, 5.74) is 6.48. The summed E-state index contributed by atoms with van der Waals surface area (Å²) < 4.78 is 0. The minimum atomic E-state index is -0.348. The molecule has 0 unspecified atom stereocenters. The van der Waals surface area contributed by atoms with E-state index in [1.165, 1.54) is 0 Å². The number of halogens is 1.